The normalized spacial score (nSPS) is 19.1. The molecule has 1 aromatic carbocycles. The van der Waals surface area contributed by atoms with Crippen LogP contribution in [0.15, 0.2) is 24.3 Å². The Morgan fingerprint density at radius 1 is 1.19 bits per heavy atom. The first-order valence-electron chi connectivity index (χ1n) is 9.26. The second-order valence-electron chi connectivity index (χ2n) is 7.25. The Kier molecular flexibility index (Phi) is 5.66. The maximum Gasteiger partial charge on any atom is 0.239 e. The van der Waals surface area contributed by atoms with Gasteiger partial charge in [-0.3, -0.25) is 14.5 Å². The van der Waals surface area contributed by atoms with Gasteiger partial charge in [-0.05, 0) is 44.0 Å². The van der Waals surface area contributed by atoms with E-state index >= 15 is 0 Å². The molecule has 0 aromatic heterocycles. The fraction of sp³-hybridized carbons (Fsp3) is 0.579. The lowest BCUT2D eigenvalue weighted by Gasteiger charge is -2.39. The maximum atomic E-state index is 12.6. The molecule has 2 fully saturated rings. The standard InChI is InChI=1S/C19H28N4O3/c1-14(19(26)21(2)13-18(25)20-15-3-4-15)22-9-11-23(12-10-22)16-5-7-17(24)8-6-16/h5-8,14-15,24H,3-4,9-13H2,1-2H3,(H,20,25). The Bertz CT molecular complexity index is 637. The number of carbonyl (C=O) groups excluding carboxylic acids is 2. The summed E-state index contributed by atoms with van der Waals surface area (Å²) in [4.78, 5) is 30.5. The minimum atomic E-state index is -0.240. The summed E-state index contributed by atoms with van der Waals surface area (Å²) in [6.45, 7) is 5.26. The minimum Gasteiger partial charge on any atom is -0.508 e. The number of hydrogen-bond donors (Lipinski definition) is 2. The zero-order valence-corrected chi connectivity index (χ0v) is 15.5. The highest BCUT2D eigenvalue weighted by Crippen LogP contribution is 2.21. The van der Waals surface area contributed by atoms with Crippen LogP contribution in [0.2, 0.25) is 0 Å². The van der Waals surface area contributed by atoms with Crippen LogP contribution < -0.4 is 10.2 Å². The van der Waals surface area contributed by atoms with E-state index < -0.39 is 0 Å². The number of nitrogens with one attached hydrogen (secondary N) is 1. The third-order valence-corrected chi connectivity index (χ3v) is 5.13. The molecule has 1 saturated heterocycles. The molecule has 0 spiro atoms. The molecule has 7 heteroatoms. The first kappa shape index (κ1) is 18.5. The van der Waals surface area contributed by atoms with Crippen LogP contribution in [0.4, 0.5) is 5.69 Å². The van der Waals surface area contributed by atoms with E-state index in [1.807, 2.05) is 19.1 Å². The van der Waals surface area contributed by atoms with Crippen LogP contribution in [0.1, 0.15) is 19.8 Å². The van der Waals surface area contributed by atoms with Crippen molar-refractivity contribution >= 4 is 17.5 Å². The van der Waals surface area contributed by atoms with Crippen LogP contribution >= 0.6 is 0 Å². The van der Waals surface area contributed by atoms with Gasteiger partial charge in [-0.25, -0.2) is 0 Å². The lowest BCUT2D eigenvalue weighted by atomic mass is 10.2. The van der Waals surface area contributed by atoms with Crippen LogP contribution in [0, 0.1) is 0 Å². The van der Waals surface area contributed by atoms with Crippen molar-refractivity contribution in [2.24, 2.45) is 0 Å². The number of benzene rings is 1. The van der Waals surface area contributed by atoms with Gasteiger partial charge in [0.15, 0.2) is 0 Å². The van der Waals surface area contributed by atoms with Crippen LogP contribution in [0.3, 0.4) is 0 Å². The smallest absolute Gasteiger partial charge is 0.239 e. The third kappa shape index (κ3) is 4.66. The van der Waals surface area contributed by atoms with Gasteiger partial charge >= 0.3 is 0 Å². The minimum absolute atomic E-state index is 0.0194. The molecule has 2 N–H and O–H groups in total. The Hall–Kier alpha value is -2.28. The summed E-state index contributed by atoms with van der Waals surface area (Å²) in [5, 5.41) is 12.3. The number of piperazine rings is 1. The van der Waals surface area contributed by atoms with Crippen molar-refractivity contribution in [3.05, 3.63) is 24.3 Å². The molecule has 1 atom stereocenters. The quantitative estimate of drug-likeness (QED) is 0.779. The van der Waals surface area contributed by atoms with E-state index in [1.165, 1.54) is 4.90 Å². The van der Waals surface area contributed by atoms with Gasteiger partial charge in [0.05, 0.1) is 12.6 Å². The first-order valence-corrected chi connectivity index (χ1v) is 9.26. The molecule has 0 radical (unpaired) electrons. The molecule has 1 saturated carbocycles. The molecule has 1 aliphatic heterocycles. The number of amides is 2. The molecule has 1 aromatic rings. The number of hydrogen-bond acceptors (Lipinski definition) is 5. The molecule has 7 nitrogen and oxygen atoms in total. The summed E-state index contributed by atoms with van der Waals surface area (Å²) < 4.78 is 0. The average molecular weight is 360 g/mol. The Balaban J connectivity index is 1.47. The van der Waals surface area contributed by atoms with E-state index in [9.17, 15) is 14.7 Å². The Labute approximate surface area is 154 Å². The molecule has 2 aliphatic rings. The largest absolute Gasteiger partial charge is 0.508 e. The molecule has 2 amide bonds. The van der Waals surface area contributed by atoms with E-state index in [0.717, 1.165) is 44.7 Å². The highest BCUT2D eigenvalue weighted by molar-refractivity contribution is 5.87. The second-order valence-corrected chi connectivity index (χ2v) is 7.25. The lowest BCUT2D eigenvalue weighted by Crippen LogP contribution is -2.55. The summed E-state index contributed by atoms with van der Waals surface area (Å²) in [5.41, 5.74) is 1.08. The van der Waals surface area contributed by atoms with Crippen LogP contribution in [0.5, 0.6) is 5.75 Å². The lowest BCUT2D eigenvalue weighted by molar-refractivity contribution is -0.138. The summed E-state index contributed by atoms with van der Waals surface area (Å²) in [6, 6.07) is 7.27. The molecule has 0 bridgehead atoms. The van der Waals surface area contributed by atoms with E-state index in [2.05, 4.69) is 15.1 Å². The monoisotopic (exact) mass is 360 g/mol. The number of likely N-dealkylation sites (N-methyl/N-ethyl adjacent to an activating group) is 1. The van der Waals surface area contributed by atoms with Gasteiger partial charge in [-0.1, -0.05) is 0 Å². The van der Waals surface area contributed by atoms with E-state index in [0.29, 0.717) is 6.04 Å². The molecule has 1 unspecified atom stereocenters. The van der Waals surface area contributed by atoms with Gasteiger partial charge in [0.1, 0.15) is 5.75 Å². The number of phenols is 1. The number of rotatable bonds is 6. The van der Waals surface area contributed by atoms with Crippen LogP contribution in [-0.2, 0) is 9.59 Å². The SMILES string of the molecule is CC(C(=O)N(C)CC(=O)NC1CC1)N1CCN(c2ccc(O)cc2)CC1. The number of carbonyl (C=O) groups is 2. The summed E-state index contributed by atoms with van der Waals surface area (Å²) in [6.07, 6.45) is 2.09. The highest BCUT2D eigenvalue weighted by Gasteiger charge is 2.29. The fourth-order valence-corrected chi connectivity index (χ4v) is 3.30. The fourth-order valence-electron chi connectivity index (χ4n) is 3.30. The topological polar surface area (TPSA) is 76.1 Å². The summed E-state index contributed by atoms with van der Waals surface area (Å²) >= 11 is 0. The van der Waals surface area contributed by atoms with Gasteiger partial charge in [-0.2, -0.15) is 0 Å². The highest BCUT2D eigenvalue weighted by atomic mass is 16.3. The van der Waals surface area contributed by atoms with Gasteiger partial charge in [-0.15, -0.1) is 0 Å². The molecular formula is C19H28N4O3. The average Bonchev–Trinajstić information content (AvgIpc) is 3.45. The van der Waals surface area contributed by atoms with Crippen molar-refractivity contribution in [3.63, 3.8) is 0 Å². The number of anilines is 1. The summed E-state index contributed by atoms with van der Waals surface area (Å²) in [7, 11) is 1.69. The van der Waals surface area contributed by atoms with Gasteiger partial charge < -0.3 is 20.2 Å². The molecular weight excluding hydrogens is 332 g/mol. The van der Waals surface area contributed by atoms with E-state index in [1.54, 1.807) is 19.2 Å². The van der Waals surface area contributed by atoms with Crippen molar-refractivity contribution in [2.45, 2.75) is 31.8 Å². The molecule has 142 valence electrons. The van der Waals surface area contributed by atoms with Gasteiger partial charge in [0.25, 0.3) is 0 Å². The van der Waals surface area contributed by atoms with Crippen LogP contribution in [-0.4, -0.2) is 78.6 Å². The zero-order valence-electron chi connectivity index (χ0n) is 15.5. The molecule has 3 rings (SSSR count). The molecule has 26 heavy (non-hydrogen) atoms. The number of nitrogens with zero attached hydrogens (tertiary/aromatic N) is 3. The summed E-state index contributed by atoms with van der Waals surface area (Å²) in [5.74, 6) is 0.169. The van der Waals surface area contributed by atoms with Crippen molar-refractivity contribution in [1.82, 2.24) is 15.1 Å². The van der Waals surface area contributed by atoms with E-state index in [-0.39, 0.29) is 30.2 Å². The van der Waals surface area contributed by atoms with Crippen molar-refractivity contribution in [1.29, 1.82) is 0 Å². The Morgan fingerprint density at radius 3 is 2.38 bits per heavy atom. The van der Waals surface area contributed by atoms with Crippen molar-refractivity contribution in [2.75, 3.05) is 44.7 Å². The Morgan fingerprint density at radius 2 is 1.81 bits per heavy atom. The number of phenolic OH excluding ortho intramolecular Hbond substituents is 1. The first-order chi connectivity index (χ1) is 12.4. The predicted octanol–water partition coefficient (Wildman–Crippen LogP) is 0.640. The molecule has 1 heterocycles. The second kappa shape index (κ2) is 7.95. The van der Waals surface area contributed by atoms with Crippen molar-refractivity contribution < 1.29 is 14.7 Å². The van der Waals surface area contributed by atoms with Crippen LogP contribution in [0.25, 0.3) is 0 Å². The molecule has 1 aliphatic carbocycles. The third-order valence-electron chi connectivity index (χ3n) is 5.13. The predicted molar refractivity (Wildman–Crippen MR) is 100 cm³/mol. The van der Waals surface area contributed by atoms with Crippen molar-refractivity contribution in [3.8, 4) is 5.75 Å². The van der Waals surface area contributed by atoms with E-state index in [4.69, 9.17) is 0 Å². The van der Waals surface area contributed by atoms with Gasteiger partial charge in [0.2, 0.25) is 11.8 Å². The zero-order chi connectivity index (χ0) is 18.7. The maximum absolute atomic E-state index is 12.6. The van der Waals surface area contributed by atoms with Gasteiger partial charge in [0, 0.05) is 45.0 Å². The number of aromatic hydroxyl groups is 1.